The van der Waals surface area contributed by atoms with Crippen LogP contribution in [-0.2, 0) is 0 Å². The average molecular weight is 308 g/mol. The van der Waals surface area contributed by atoms with Crippen LogP contribution in [0.25, 0.3) is 0 Å². The van der Waals surface area contributed by atoms with Gasteiger partial charge in [-0.3, -0.25) is 14.6 Å². The lowest BCUT2D eigenvalue weighted by molar-refractivity contribution is 0.0943. The first-order valence-electron chi connectivity index (χ1n) is 7.08. The molecule has 0 aliphatic carbocycles. The van der Waals surface area contributed by atoms with Crippen molar-refractivity contribution in [2.45, 2.75) is 19.9 Å². The smallest absolute Gasteiger partial charge is 0.274 e. The van der Waals surface area contributed by atoms with E-state index in [1.54, 1.807) is 24.3 Å². The zero-order chi connectivity index (χ0) is 16.8. The molecule has 2 aromatic rings. The second kappa shape index (κ2) is 7.18. The monoisotopic (exact) mass is 308 g/mol. The Hall–Kier alpha value is -3.20. The molecule has 0 radical (unpaired) electrons. The third kappa shape index (κ3) is 4.14. The van der Waals surface area contributed by atoms with E-state index < -0.39 is 5.91 Å². The highest BCUT2D eigenvalue weighted by atomic mass is 16.2. The van der Waals surface area contributed by atoms with Crippen molar-refractivity contribution >= 4 is 17.5 Å². The third-order valence-corrected chi connectivity index (χ3v) is 2.97. The molecule has 0 fully saturated rings. The number of carbonyl (C=O) groups excluding carboxylic acids is 2. The molecule has 116 valence electrons. The van der Waals surface area contributed by atoms with E-state index in [4.69, 9.17) is 5.26 Å². The maximum Gasteiger partial charge on any atom is 0.274 e. The van der Waals surface area contributed by atoms with Crippen LogP contribution in [0.15, 0.2) is 42.6 Å². The van der Waals surface area contributed by atoms with Crippen molar-refractivity contribution in [1.82, 2.24) is 10.3 Å². The molecule has 6 heteroatoms. The van der Waals surface area contributed by atoms with Gasteiger partial charge in [0.05, 0.1) is 11.3 Å². The standard InChI is InChI=1S/C17H16N4O2/c1-11(2)20-16(22)12-7-8-19-15(9-12)17(23)21-14-6-4-3-5-13(14)10-18/h3-9,11H,1-2H3,(H,20,22)(H,21,23). The molecule has 23 heavy (non-hydrogen) atoms. The number of anilines is 1. The van der Waals surface area contributed by atoms with Gasteiger partial charge in [0.2, 0.25) is 0 Å². The van der Waals surface area contributed by atoms with Crippen LogP contribution >= 0.6 is 0 Å². The molecule has 0 spiro atoms. The summed E-state index contributed by atoms with van der Waals surface area (Å²) in [5, 5.41) is 14.4. The third-order valence-electron chi connectivity index (χ3n) is 2.97. The van der Waals surface area contributed by atoms with Crippen molar-refractivity contribution in [1.29, 1.82) is 5.26 Å². The fraction of sp³-hybridized carbons (Fsp3) is 0.176. The Balaban J connectivity index is 2.20. The van der Waals surface area contributed by atoms with Gasteiger partial charge in [-0.2, -0.15) is 5.26 Å². The van der Waals surface area contributed by atoms with Gasteiger partial charge in [0.15, 0.2) is 0 Å². The minimum Gasteiger partial charge on any atom is -0.350 e. The molecule has 0 aliphatic rings. The normalized spacial score (nSPS) is 10.0. The Labute approximate surface area is 134 Å². The minimum absolute atomic E-state index is 0.00422. The van der Waals surface area contributed by atoms with E-state index in [0.717, 1.165) is 0 Å². The number of para-hydroxylation sites is 1. The Kier molecular flexibility index (Phi) is 5.05. The van der Waals surface area contributed by atoms with Crippen molar-refractivity contribution in [2.75, 3.05) is 5.32 Å². The maximum atomic E-state index is 12.3. The molecule has 0 saturated heterocycles. The van der Waals surface area contributed by atoms with Gasteiger partial charge >= 0.3 is 0 Å². The van der Waals surface area contributed by atoms with Crippen molar-refractivity contribution in [3.63, 3.8) is 0 Å². The summed E-state index contributed by atoms with van der Waals surface area (Å²) in [7, 11) is 0. The Morgan fingerprint density at radius 2 is 1.91 bits per heavy atom. The maximum absolute atomic E-state index is 12.3. The summed E-state index contributed by atoms with van der Waals surface area (Å²) in [5.41, 5.74) is 1.22. The first kappa shape index (κ1) is 16.2. The van der Waals surface area contributed by atoms with Crippen molar-refractivity contribution in [3.8, 4) is 6.07 Å². The van der Waals surface area contributed by atoms with Gasteiger partial charge in [-0.05, 0) is 38.1 Å². The number of nitrogens with one attached hydrogen (secondary N) is 2. The molecule has 0 saturated carbocycles. The highest BCUT2D eigenvalue weighted by Crippen LogP contribution is 2.14. The van der Waals surface area contributed by atoms with Gasteiger partial charge in [0.1, 0.15) is 11.8 Å². The highest BCUT2D eigenvalue weighted by molar-refractivity contribution is 6.05. The van der Waals surface area contributed by atoms with Crippen LogP contribution in [-0.4, -0.2) is 22.8 Å². The van der Waals surface area contributed by atoms with Gasteiger partial charge in [-0.1, -0.05) is 12.1 Å². The number of nitrogens with zero attached hydrogens (tertiary/aromatic N) is 2. The molecule has 0 unspecified atom stereocenters. The zero-order valence-electron chi connectivity index (χ0n) is 12.8. The van der Waals surface area contributed by atoms with Crippen LogP contribution < -0.4 is 10.6 Å². The average Bonchev–Trinajstić information content (AvgIpc) is 2.55. The number of hydrogen-bond acceptors (Lipinski definition) is 4. The summed E-state index contributed by atoms with van der Waals surface area (Å²) in [6.45, 7) is 3.71. The van der Waals surface area contributed by atoms with Crippen LogP contribution in [0.3, 0.4) is 0 Å². The summed E-state index contributed by atoms with van der Waals surface area (Å²) >= 11 is 0. The zero-order valence-corrected chi connectivity index (χ0v) is 12.8. The summed E-state index contributed by atoms with van der Waals surface area (Å²) in [5.74, 6) is -0.749. The fourth-order valence-electron chi connectivity index (χ4n) is 1.92. The van der Waals surface area contributed by atoms with E-state index >= 15 is 0 Å². The van der Waals surface area contributed by atoms with E-state index in [9.17, 15) is 9.59 Å². The van der Waals surface area contributed by atoms with Crippen LogP contribution in [0.2, 0.25) is 0 Å². The van der Waals surface area contributed by atoms with E-state index in [0.29, 0.717) is 16.8 Å². The van der Waals surface area contributed by atoms with Crippen LogP contribution in [0.1, 0.15) is 40.3 Å². The number of aromatic nitrogens is 1. The van der Waals surface area contributed by atoms with E-state index in [1.807, 2.05) is 19.9 Å². The minimum atomic E-state index is -0.480. The Bertz CT molecular complexity index is 778. The molecule has 0 bridgehead atoms. The number of rotatable bonds is 4. The van der Waals surface area contributed by atoms with Gasteiger partial charge in [0.25, 0.3) is 11.8 Å². The van der Waals surface area contributed by atoms with Crippen LogP contribution in [0, 0.1) is 11.3 Å². The van der Waals surface area contributed by atoms with E-state index in [2.05, 4.69) is 15.6 Å². The quantitative estimate of drug-likeness (QED) is 0.906. The van der Waals surface area contributed by atoms with Gasteiger partial charge < -0.3 is 10.6 Å². The number of benzene rings is 1. The Morgan fingerprint density at radius 3 is 2.61 bits per heavy atom. The molecule has 0 aliphatic heterocycles. The Morgan fingerprint density at radius 1 is 1.17 bits per heavy atom. The molecule has 6 nitrogen and oxygen atoms in total. The second-order valence-electron chi connectivity index (χ2n) is 5.17. The molecule has 2 N–H and O–H groups in total. The van der Waals surface area contributed by atoms with E-state index in [-0.39, 0.29) is 17.6 Å². The van der Waals surface area contributed by atoms with Gasteiger partial charge in [-0.25, -0.2) is 0 Å². The number of hydrogen-bond donors (Lipinski definition) is 2. The molecular formula is C17H16N4O2. The molecule has 0 atom stereocenters. The van der Waals surface area contributed by atoms with Crippen LogP contribution in [0.5, 0.6) is 0 Å². The molecule has 1 aromatic heterocycles. The topological polar surface area (TPSA) is 94.9 Å². The van der Waals surface area contributed by atoms with Gasteiger partial charge in [-0.15, -0.1) is 0 Å². The molecule has 2 amide bonds. The summed E-state index contributed by atoms with van der Waals surface area (Å²) in [6.07, 6.45) is 1.40. The van der Waals surface area contributed by atoms with Crippen molar-refractivity contribution < 1.29 is 9.59 Å². The molecule has 2 rings (SSSR count). The summed E-state index contributed by atoms with van der Waals surface area (Å²) in [6, 6.07) is 11.6. The predicted octanol–water partition coefficient (Wildman–Crippen LogP) is 2.34. The molecular weight excluding hydrogens is 292 g/mol. The van der Waals surface area contributed by atoms with Crippen LogP contribution in [0.4, 0.5) is 5.69 Å². The lowest BCUT2D eigenvalue weighted by Crippen LogP contribution is -2.30. The first-order chi connectivity index (χ1) is 11.0. The van der Waals surface area contributed by atoms with Crippen molar-refractivity contribution in [2.24, 2.45) is 0 Å². The summed E-state index contributed by atoms with van der Waals surface area (Å²) < 4.78 is 0. The predicted molar refractivity (Wildman–Crippen MR) is 85.9 cm³/mol. The highest BCUT2D eigenvalue weighted by Gasteiger charge is 2.13. The molecule has 1 heterocycles. The van der Waals surface area contributed by atoms with E-state index in [1.165, 1.54) is 18.3 Å². The number of pyridine rings is 1. The number of carbonyl (C=O) groups is 2. The second-order valence-corrected chi connectivity index (χ2v) is 5.17. The molecule has 1 aromatic carbocycles. The largest absolute Gasteiger partial charge is 0.350 e. The number of nitriles is 1. The number of amides is 2. The fourth-order valence-corrected chi connectivity index (χ4v) is 1.92. The lowest BCUT2D eigenvalue weighted by atomic mass is 10.1. The lowest BCUT2D eigenvalue weighted by Gasteiger charge is -2.09. The van der Waals surface area contributed by atoms with Gasteiger partial charge in [0, 0.05) is 17.8 Å². The first-order valence-corrected chi connectivity index (χ1v) is 7.08. The van der Waals surface area contributed by atoms with Crippen molar-refractivity contribution in [3.05, 3.63) is 59.4 Å². The SMILES string of the molecule is CC(C)NC(=O)c1ccnc(C(=O)Nc2ccccc2C#N)c1. The summed E-state index contributed by atoms with van der Waals surface area (Å²) in [4.78, 5) is 28.2.